The van der Waals surface area contributed by atoms with Crippen LogP contribution in [0.4, 0.5) is 0 Å². The van der Waals surface area contributed by atoms with Crippen molar-refractivity contribution in [1.82, 2.24) is 20.4 Å². The first-order valence-electron chi connectivity index (χ1n) is 4.86. The van der Waals surface area contributed by atoms with E-state index >= 15 is 0 Å². The van der Waals surface area contributed by atoms with Crippen LogP contribution < -0.4 is 5.32 Å². The van der Waals surface area contributed by atoms with E-state index in [0.29, 0.717) is 11.7 Å². The summed E-state index contributed by atoms with van der Waals surface area (Å²) < 4.78 is 5.25. The molecule has 0 aliphatic carbocycles. The van der Waals surface area contributed by atoms with Gasteiger partial charge in [-0.2, -0.15) is 4.98 Å². The minimum absolute atomic E-state index is 0.374. The highest BCUT2D eigenvalue weighted by molar-refractivity contribution is 7.13. The second kappa shape index (κ2) is 3.71. The largest absolute Gasteiger partial charge is 0.339 e. The molecule has 15 heavy (non-hydrogen) atoms. The van der Waals surface area contributed by atoms with Crippen molar-refractivity contribution in [2.75, 3.05) is 13.1 Å². The predicted molar refractivity (Wildman–Crippen MR) is 55.6 cm³/mol. The van der Waals surface area contributed by atoms with E-state index in [-0.39, 0.29) is 0 Å². The molecule has 2 aromatic heterocycles. The van der Waals surface area contributed by atoms with Crippen LogP contribution in [0.1, 0.15) is 18.2 Å². The summed E-state index contributed by atoms with van der Waals surface area (Å²) in [7, 11) is 0. The van der Waals surface area contributed by atoms with Gasteiger partial charge in [0.2, 0.25) is 11.7 Å². The topological polar surface area (TPSA) is 63.8 Å². The zero-order valence-corrected chi connectivity index (χ0v) is 8.83. The first-order valence-corrected chi connectivity index (χ1v) is 5.74. The van der Waals surface area contributed by atoms with Crippen LogP contribution in [-0.2, 0) is 0 Å². The molecule has 78 valence electrons. The van der Waals surface area contributed by atoms with Gasteiger partial charge in [-0.3, -0.25) is 4.98 Å². The summed E-state index contributed by atoms with van der Waals surface area (Å²) in [4.78, 5) is 9.33. The van der Waals surface area contributed by atoms with E-state index in [9.17, 15) is 0 Å². The van der Waals surface area contributed by atoms with Gasteiger partial charge in [0.25, 0.3) is 0 Å². The van der Waals surface area contributed by atoms with Gasteiger partial charge in [0.1, 0.15) is 0 Å². The van der Waals surface area contributed by atoms with Crippen LogP contribution in [0.5, 0.6) is 0 Å². The first kappa shape index (κ1) is 8.99. The smallest absolute Gasteiger partial charge is 0.231 e. The van der Waals surface area contributed by atoms with Crippen molar-refractivity contribution in [3.05, 3.63) is 17.6 Å². The molecule has 1 fully saturated rings. The minimum atomic E-state index is 0.374. The molecule has 0 saturated carbocycles. The molecule has 0 radical (unpaired) electrons. The van der Waals surface area contributed by atoms with Crippen LogP contribution in [0.2, 0.25) is 0 Å². The average molecular weight is 222 g/mol. The highest BCUT2D eigenvalue weighted by Crippen LogP contribution is 2.25. The number of nitrogens with zero attached hydrogens (tertiary/aromatic N) is 3. The van der Waals surface area contributed by atoms with Gasteiger partial charge in [-0.25, -0.2) is 0 Å². The van der Waals surface area contributed by atoms with Crippen molar-refractivity contribution >= 4 is 11.3 Å². The first-order chi connectivity index (χ1) is 7.43. The molecule has 1 unspecified atom stereocenters. The maximum absolute atomic E-state index is 5.25. The van der Waals surface area contributed by atoms with E-state index in [1.807, 2.05) is 0 Å². The fourth-order valence-corrected chi connectivity index (χ4v) is 2.24. The molecule has 0 aromatic carbocycles. The number of thiazole rings is 1. The summed E-state index contributed by atoms with van der Waals surface area (Å²) in [6.07, 6.45) is 2.83. The molecular weight excluding hydrogens is 212 g/mol. The van der Waals surface area contributed by atoms with E-state index in [1.165, 1.54) is 11.3 Å². The lowest BCUT2D eigenvalue weighted by Gasteiger charge is -1.98. The van der Waals surface area contributed by atoms with Crippen LogP contribution in [0.3, 0.4) is 0 Å². The third kappa shape index (κ3) is 1.66. The molecule has 0 bridgehead atoms. The Kier molecular flexibility index (Phi) is 2.22. The van der Waals surface area contributed by atoms with Crippen LogP contribution in [0, 0.1) is 0 Å². The maximum atomic E-state index is 5.25. The Hall–Kier alpha value is -1.27. The summed E-state index contributed by atoms with van der Waals surface area (Å²) >= 11 is 1.52. The Balaban J connectivity index is 1.87. The van der Waals surface area contributed by atoms with E-state index in [4.69, 9.17) is 4.52 Å². The summed E-state index contributed by atoms with van der Waals surface area (Å²) in [5, 5.41) is 7.24. The molecule has 1 N–H and O–H groups in total. The molecule has 2 aromatic rings. The third-order valence-electron chi connectivity index (χ3n) is 2.50. The normalized spacial score (nSPS) is 20.9. The zero-order chi connectivity index (χ0) is 10.1. The van der Waals surface area contributed by atoms with Gasteiger partial charge in [-0.05, 0) is 13.0 Å². The van der Waals surface area contributed by atoms with Gasteiger partial charge in [0.15, 0.2) is 0 Å². The maximum Gasteiger partial charge on any atom is 0.231 e. The number of hydrogen-bond acceptors (Lipinski definition) is 6. The molecule has 3 rings (SSSR count). The highest BCUT2D eigenvalue weighted by Gasteiger charge is 2.23. The second-order valence-corrected chi connectivity index (χ2v) is 4.40. The lowest BCUT2D eigenvalue weighted by atomic mass is 10.1. The number of rotatable bonds is 2. The van der Waals surface area contributed by atoms with Crippen LogP contribution in [0.15, 0.2) is 16.2 Å². The number of nitrogens with one attached hydrogen (secondary N) is 1. The second-order valence-electron chi connectivity index (χ2n) is 3.51. The van der Waals surface area contributed by atoms with Crippen molar-refractivity contribution in [3.63, 3.8) is 0 Å². The lowest BCUT2D eigenvalue weighted by molar-refractivity contribution is 0.359. The van der Waals surface area contributed by atoms with E-state index in [1.54, 1.807) is 11.7 Å². The van der Waals surface area contributed by atoms with Crippen molar-refractivity contribution < 1.29 is 4.52 Å². The van der Waals surface area contributed by atoms with E-state index in [0.717, 1.165) is 30.3 Å². The molecular formula is C9H10N4OS. The highest BCUT2D eigenvalue weighted by atomic mass is 32.1. The molecule has 3 heterocycles. The zero-order valence-electron chi connectivity index (χ0n) is 8.01. The molecule has 0 amide bonds. The van der Waals surface area contributed by atoms with Gasteiger partial charge in [0, 0.05) is 12.7 Å². The lowest BCUT2D eigenvalue weighted by Crippen LogP contribution is -2.08. The molecule has 5 nitrogen and oxygen atoms in total. The van der Waals surface area contributed by atoms with Gasteiger partial charge >= 0.3 is 0 Å². The van der Waals surface area contributed by atoms with E-state index < -0.39 is 0 Å². The molecule has 6 heteroatoms. The van der Waals surface area contributed by atoms with Crippen LogP contribution in [-0.4, -0.2) is 28.2 Å². The van der Waals surface area contributed by atoms with Gasteiger partial charge < -0.3 is 9.84 Å². The van der Waals surface area contributed by atoms with Gasteiger partial charge in [-0.1, -0.05) is 5.16 Å². The number of aromatic nitrogens is 3. The van der Waals surface area contributed by atoms with Crippen molar-refractivity contribution in [1.29, 1.82) is 0 Å². The summed E-state index contributed by atoms with van der Waals surface area (Å²) in [5.41, 5.74) is 1.77. The Morgan fingerprint density at radius 2 is 2.53 bits per heavy atom. The SMILES string of the molecule is c1ncc(-c2noc(C3CCNC3)n2)s1. The number of hydrogen-bond donors (Lipinski definition) is 1. The van der Waals surface area contributed by atoms with Crippen molar-refractivity contribution in [3.8, 4) is 10.7 Å². The molecule has 1 aliphatic rings. The van der Waals surface area contributed by atoms with Crippen molar-refractivity contribution in [2.45, 2.75) is 12.3 Å². The summed E-state index contributed by atoms with van der Waals surface area (Å²) in [5.74, 6) is 1.77. The molecule has 1 saturated heterocycles. The van der Waals surface area contributed by atoms with E-state index in [2.05, 4.69) is 20.4 Å². The summed E-state index contributed by atoms with van der Waals surface area (Å²) in [6.45, 7) is 1.97. The molecule has 1 atom stereocenters. The standard InChI is InChI=1S/C9H10N4OS/c1-2-10-3-6(1)9-12-8(13-14-9)7-4-11-5-15-7/h4-6,10H,1-3H2. The third-order valence-corrected chi connectivity index (χ3v) is 3.27. The fraction of sp³-hybridized carbons (Fsp3) is 0.444. The minimum Gasteiger partial charge on any atom is -0.339 e. The summed E-state index contributed by atoms with van der Waals surface area (Å²) in [6, 6.07) is 0. The Labute approximate surface area is 90.5 Å². The predicted octanol–water partition coefficient (Wildman–Crippen LogP) is 1.27. The van der Waals surface area contributed by atoms with Gasteiger partial charge in [0.05, 0.1) is 16.3 Å². The van der Waals surface area contributed by atoms with Gasteiger partial charge in [-0.15, -0.1) is 11.3 Å². The Morgan fingerprint density at radius 3 is 3.27 bits per heavy atom. The Bertz CT molecular complexity index is 433. The molecule has 0 spiro atoms. The Morgan fingerprint density at radius 1 is 1.53 bits per heavy atom. The monoisotopic (exact) mass is 222 g/mol. The molecule has 1 aliphatic heterocycles. The average Bonchev–Trinajstić information content (AvgIpc) is 3.02. The van der Waals surface area contributed by atoms with Crippen LogP contribution >= 0.6 is 11.3 Å². The quantitative estimate of drug-likeness (QED) is 0.829. The fourth-order valence-electron chi connectivity index (χ4n) is 1.69. The van der Waals surface area contributed by atoms with Crippen molar-refractivity contribution in [2.24, 2.45) is 0 Å². The van der Waals surface area contributed by atoms with Crippen LogP contribution in [0.25, 0.3) is 10.7 Å².